The summed E-state index contributed by atoms with van der Waals surface area (Å²) in [6, 6.07) is 28.5. The van der Waals surface area contributed by atoms with Gasteiger partial charge in [0.05, 0.1) is 18.2 Å². The van der Waals surface area contributed by atoms with Crippen LogP contribution in [-0.4, -0.2) is 29.4 Å². The molecule has 5 heteroatoms. The molecule has 0 radical (unpaired) electrons. The van der Waals surface area contributed by atoms with Crippen molar-refractivity contribution in [3.05, 3.63) is 108 Å². The van der Waals surface area contributed by atoms with Gasteiger partial charge in [-0.3, -0.25) is 0 Å². The van der Waals surface area contributed by atoms with E-state index in [9.17, 15) is 9.90 Å². The summed E-state index contributed by atoms with van der Waals surface area (Å²) in [5.41, 5.74) is 1.20. The Morgan fingerprint density at radius 2 is 1.41 bits per heavy atom. The molecule has 0 spiro atoms. The van der Waals surface area contributed by atoms with E-state index in [0.29, 0.717) is 0 Å². The minimum Gasteiger partial charge on any atom is -0.445 e. The zero-order valence-electron chi connectivity index (χ0n) is 17.8. The van der Waals surface area contributed by atoms with E-state index in [2.05, 4.69) is 5.32 Å². The van der Waals surface area contributed by atoms with Gasteiger partial charge in [-0.05, 0) is 29.5 Å². The van der Waals surface area contributed by atoms with Crippen LogP contribution >= 0.6 is 0 Å². The predicted molar refractivity (Wildman–Crippen MR) is 121 cm³/mol. The summed E-state index contributed by atoms with van der Waals surface area (Å²) < 4.78 is 11.7. The van der Waals surface area contributed by atoms with Crippen molar-refractivity contribution in [2.24, 2.45) is 5.92 Å². The van der Waals surface area contributed by atoms with E-state index in [1.807, 2.05) is 91.0 Å². The molecule has 3 aromatic rings. The third-order valence-corrected chi connectivity index (χ3v) is 6.68. The first-order valence-corrected chi connectivity index (χ1v) is 11.1. The number of fused-ring (bicyclic) bond motifs is 2. The minimum absolute atomic E-state index is 0.145. The van der Waals surface area contributed by atoms with Gasteiger partial charge in [-0.25, -0.2) is 4.79 Å². The van der Waals surface area contributed by atoms with Gasteiger partial charge < -0.3 is 19.9 Å². The molecule has 32 heavy (non-hydrogen) atoms. The third-order valence-electron chi connectivity index (χ3n) is 6.68. The Bertz CT molecular complexity index is 1000. The van der Waals surface area contributed by atoms with E-state index in [1.54, 1.807) is 0 Å². The molecule has 2 bridgehead atoms. The number of carbonyl (C=O) groups is 1. The van der Waals surface area contributed by atoms with Gasteiger partial charge in [0.15, 0.2) is 0 Å². The standard InChI is InChI=1S/C27H27NO4/c29-26(31-18-19-10-4-1-5-11-19)28-25-23-17-16-22(32-23)24(25)27(30,20-12-6-2-7-13-20)21-14-8-3-9-15-21/h1-15,22-25,30H,16-18H2,(H,28,29)/t22-,23+,24-,25+/m0/s1. The highest BCUT2D eigenvalue weighted by atomic mass is 16.6. The van der Waals surface area contributed by atoms with E-state index in [0.717, 1.165) is 29.5 Å². The van der Waals surface area contributed by atoms with Crippen LogP contribution in [0.1, 0.15) is 29.5 Å². The van der Waals surface area contributed by atoms with E-state index in [4.69, 9.17) is 9.47 Å². The Morgan fingerprint density at radius 1 is 0.875 bits per heavy atom. The molecule has 5 rings (SSSR count). The number of alkyl carbamates (subject to hydrolysis) is 1. The van der Waals surface area contributed by atoms with Gasteiger partial charge in [-0.2, -0.15) is 0 Å². The van der Waals surface area contributed by atoms with Crippen molar-refractivity contribution in [2.45, 2.75) is 43.3 Å². The van der Waals surface area contributed by atoms with Gasteiger partial charge in [0, 0.05) is 5.92 Å². The second-order valence-electron chi connectivity index (χ2n) is 8.55. The molecule has 0 aromatic heterocycles. The summed E-state index contributed by atoms with van der Waals surface area (Å²) in [7, 11) is 0. The summed E-state index contributed by atoms with van der Waals surface area (Å²) in [6.07, 6.45) is 0.917. The Hall–Kier alpha value is -3.15. The second-order valence-corrected chi connectivity index (χ2v) is 8.55. The Kier molecular flexibility index (Phi) is 5.68. The average Bonchev–Trinajstić information content (AvgIpc) is 3.46. The van der Waals surface area contributed by atoms with E-state index >= 15 is 0 Å². The number of aliphatic hydroxyl groups is 1. The van der Waals surface area contributed by atoms with Gasteiger partial charge in [-0.1, -0.05) is 91.0 Å². The molecular weight excluding hydrogens is 402 g/mol. The van der Waals surface area contributed by atoms with Crippen LogP contribution in [0.3, 0.4) is 0 Å². The van der Waals surface area contributed by atoms with Crippen LogP contribution in [0.4, 0.5) is 4.79 Å². The van der Waals surface area contributed by atoms with Crippen molar-refractivity contribution in [2.75, 3.05) is 0 Å². The number of rotatable bonds is 6. The largest absolute Gasteiger partial charge is 0.445 e. The second kappa shape index (κ2) is 8.77. The first-order chi connectivity index (χ1) is 15.7. The lowest BCUT2D eigenvalue weighted by Gasteiger charge is -2.42. The van der Waals surface area contributed by atoms with Gasteiger partial charge in [0.25, 0.3) is 0 Å². The van der Waals surface area contributed by atoms with Crippen molar-refractivity contribution in [1.82, 2.24) is 5.32 Å². The molecule has 4 atom stereocenters. The minimum atomic E-state index is -1.31. The maximum absolute atomic E-state index is 12.7. The molecule has 2 N–H and O–H groups in total. The predicted octanol–water partition coefficient (Wildman–Crippen LogP) is 4.39. The smallest absolute Gasteiger partial charge is 0.407 e. The van der Waals surface area contributed by atoms with Crippen LogP contribution in [0.25, 0.3) is 0 Å². The molecule has 3 aromatic carbocycles. The van der Waals surface area contributed by atoms with Crippen molar-refractivity contribution < 1.29 is 19.4 Å². The highest BCUT2D eigenvalue weighted by molar-refractivity contribution is 5.68. The first-order valence-electron chi connectivity index (χ1n) is 11.1. The molecule has 1 amide bonds. The first kappa shape index (κ1) is 20.7. The Morgan fingerprint density at radius 3 is 2.00 bits per heavy atom. The summed E-state index contributed by atoms with van der Waals surface area (Å²) in [6.45, 7) is 0.195. The summed E-state index contributed by atoms with van der Waals surface area (Å²) in [5, 5.41) is 15.3. The monoisotopic (exact) mass is 429 g/mol. The van der Waals surface area contributed by atoms with Crippen molar-refractivity contribution >= 4 is 6.09 Å². The van der Waals surface area contributed by atoms with Crippen LogP contribution in [0, 0.1) is 5.92 Å². The molecule has 0 saturated carbocycles. The van der Waals surface area contributed by atoms with Crippen LogP contribution in [0.2, 0.25) is 0 Å². The Labute approximate surface area is 188 Å². The lowest BCUT2D eigenvalue weighted by Crippen LogP contribution is -2.55. The van der Waals surface area contributed by atoms with Gasteiger partial charge >= 0.3 is 6.09 Å². The number of carbonyl (C=O) groups excluding carboxylic acids is 1. The summed E-state index contributed by atoms with van der Waals surface area (Å²) in [5.74, 6) is -0.338. The fraction of sp³-hybridized carbons (Fsp3) is 0.296. The van der Waals surface area contributed by atoms with Gasteiger partial charge in [0.2, 0.25) is 0 Å². The third kappa shape index (κ3) is 3.78. The fourth-order valence-electron chi connectivity index (χ4n) is 5.23. The number of nitrogens with one attached hydrogen (secondary N) is 1. The number of benzene rings is 3. The number of hydrogen-bond acceptors (Lipinski definition) is 4. The summed E-state index contributed by atoms with van der Waals surface area (Å²) in [4.78, 5) is 12.7. The lowest BCUT2D eigenvalue weighted by atomic mass is 9.67. The molecule has 0 aliphatic carbocycles. The highest BCUT2D eigenvalue weighted by Gasteiger charge is 2.59. The molecule has 164 valence electrons. The maximum atomic E-state index is 12.7. The number of ether oxygens (including phenoxy) is 2. The quantitative estimate of drug-likeness (QED) is 0.610. The van der Waals surface area contributed by atoms with Crippen molar-refractivity contribution in [1.29, 1.82) is 0 Å². The zero-order valence-corrected chi connectivity index (χ0v) is 17.8. The molecule has 0 unspecified atom stereocenters. The van der Waals surface area contributed by atoms with E-state index in [-0.39, 0.29) is 30.8 Å². The zero-order chi connectivity index (χ0) is 22.0. The van der Waals surface area contributed by atoms with Crippen LogP contribution in [0.15, 0.2) is 91.0 Å². The summed E-state index contributed by atoms with van der Waals surface area (Å²) >= 11 is 0. The topological polar surface area (TPSA) is 67.8 Å². The van der Waals surface area contributed by atoms with Gasteiger partial charge in [0.1, 0.15) is 12.2 Å². The van der Waals surface area contributed by atoms with E-state index in [1.165, 1.54) is 0 Å². The SMILES string of the molecule is O=C(N[C@H]1[C@@H](C(O)(c2ccccc2)c2ccccc2)[C@@H]2CC[C@H]1O2)OCc1ccccc1. The highest BCUT2D eigenvalue weighted by Crippen LogP contribution is 2.50. The molecule has 2 saturated heterocycles. The molecule has 2 aliphatic heterocycles. The average molecular weight is 430 g/mol. The molecule has 2 heterocycles. The normalized spacial score (nSPS) is 24.3. The molecular formula is C27H27NO4. The maximum Gasteiger partial charge on any atom is 0.407 e. The van der Waals surface area contributed by atoms with Crippen LogP contribution in [0.5, 0.6) is 0 Å². The van der Waals surface area contributed by atoms with Crippen molar-refractivity contribution in [3.63, 3.8) is 0 Å². The molecule has 2 aliphatic rings. The fourth-order valence-corrected chi connectivity index (χ4v) is 5.23. The molecule has 2 fully saturated rings. The number of hydrogen-bond donors (Lipinski definition) is 2. The van der Waals surface area contributed by atoms with Crippen LogP contribution < -0.4 is 5.32 Å². The lowest BCUT2D eigenvalue weighted by molar-refractivity contribution is -0.0248. The van der Waals surface area contributed by atoms with Crippen LogP contribution in [-0.2, 0) is 21.7 Å². The van der Waals surface area contributed by atoms with Crippen molar-refractivity contribution in [3.8, 4) is 0 Å². The number of amides is 1. The molecule has 5 nitrogen and oxygen atoms in total. The van der Waals surface area contributed by atoms with Gasteiger partial charge in [-0.15, -0.1) is 0 Å². The van der Waals surface area contributed by atoms with E-state index < -0.39 is 11.7 Å². The Balaban J connectivity index is 1.43.